The number of carbonyl (C=O) groups excluding carboxylic acids is 2. The van der Waals surface area contributed by atoms with Gasteiger partial charge in [-0.25, -0.2) is 9.59 Å². The zero-order chi connectivity index (χ0) is 30.9. The highest BCUT2D eigenvalue weighted by atomic mass is 35.5. The number of carboxylic acids is 1. The van der Waals surface area contributed by atoms with Crippen LogP contribution in [-0.4, -0.2) is 53.3 Å². The second kappa shape index (κ2) is 14.4. The molecule has 0 spiro atoms. The molecule has 3 aromatic rings. The van der Waals surface area contributed by atoms with Gasteiger partial charge in [0.25, 0.3) is 5.91 Å². The van der Waals surface area contributed by atoms with Crippen LogP contribution < -0.4 is 19.5 Å². The number of hydrogen-bond acceptors (Lipinski definition) is 7. The van der Waals surface area contributed by atoms with E-state index in [0.717, 1.165) is 11.1 Å². The fourth-order valence-electron chi connectivity index (χ4n) is 4.87. The second-order valence-corrected chi connectivity index (χ2v) is 10.2. The Morgan fingerprint density at radius 3 is 2.30 bits per heavy atom. The van der Waals surface area contributed by atoms with Crippen LogP contribution in [0.1, 0.15) is 47.3 Å². The van der Waals surface area contributed by atoms with Crippen LogP contribution in [0, 0.1) is 11.3 Å². The lowest BCUT2D eigenvalue weighted by atomic mass is 9.92. The summed E-state index contributed by atoms with van der Waals surface area (Å²) in [5, 5.41) is 21.8. The normalized spacial score (nSPS) is 14.6. The number of amides is 2. The Morgan fingerprint density at radius 2 is 1.70 bits per heavy atom. The van der Waals surface area contributed by atoms with E-state index in [0.29, 0.717) is 36.7 Å². The van der Waals surface area contributed by atoms with Gasteiger partial charge in [-0.15, -0.1) is 0 Å². The first-order valence-electron chi connectivity index (χ1n) is 13.9. The van der Waals surface area contributed by atoms with E-state index in [1.54, 1.807) is 42.5 Å². The van der Waals surface area contributed by atoms with Crippen LogP contribution in [0.2, 0.25) is 5.02 Å². The van der Waals surface area contributed by atoms with Crippen molar-refractivity contribution in [3.63, 3.8) is 0 Å². The number of nitriles is 1. The minimum atomic E-state index is -1.21. The number of nitrogens with one attached hydrogen (secondary N) is 1. The average Bonchev–Trinajstić information content (AvgIpc) is 2.98. The molecule has 1 aliphatic heterocycles. The predicted molar refractivity (Wildman–Crippen MR) is 159 cm³/mol. The second-order valence-electron chi connectivity index (χ2n) is 9.84. The van der Waals surface area contributed by atoms with Gasteiger partial charge in [-0.2, -0.15) is 5.26 Å². The first-order chi connectivity index (χ1) is 20.7. The zero-order valence-corrected chi connectivity index (χ0v) is 24.6. The minimum Gasteiger partial charge on any atom is -0.490 e. The number of fused-ring (bicyclic) bond motifs is 1. The van der Waals surface area contributed by atoms with Gasteiger partial charge in [0.05, 0.1) is 42.3 Å². The molecule has 1 heterocycles. The van der Waals surface area contributed by atoms with E-state index in [1.165, 1.54) is 11.0 Å². The number of benzene rings is 3. The summed E-state index contributed by atoms with van der Waals surface area (Å²) in [4.78, 5) is 39.3. The maximum Gasteiger partial charge on any atom is 0.415 e. The van der Waals surface area contributed by atoms with Crippen LogP contribution in [0.15, 0.2) is 60.7 Å². The number of halogens is 1. The fourth-order valence-corrected chi connectivity index (χ4v) is 5.09. The highest BCUT2D eigenvalue weighted by molar-refractivity contribution is 6.33. The summed E-state index contributed by atoms with van der Waals surface area (Å²) in [6, 6.07) is 17.1. The Morgan fingerprint density at radius 1 is 1.05 bits per heavy atom. The van der Waals surface area contributed by atoms with Gasteiger partial charge in [0.15, 0.2) is 11.5 Å². The largest absolute Gasteiger partial charge is 0.490 e. The van der Waals surface area contributed by atoms with Crippen molar-refractivity contribution in [2.75, 3.05) is 13.2 Å². The molecule has 2 N–H and O–H groups in total. The number of rotatable bonds is 11. The van der Waals surface area contributed by atoms with Crippen molar-refractivity contribution < 1.29 is 33.7 Å². The Labute approximate surface area is 254 Å². The summed E-state index contributed by atoms with van der Waals surface area (Å²) in [5.74, 6) is -0.326. The molecule has 11 heteroatoms. The maximum absolute atomic E-state index is 13.3. The Balaban J connectivity index is 1.45. The number of hydrogen-bond donors (Lipinski definition) is 2. The molecule has 0 aliphatic carbocycles. The van der Waals surface area contributed by atoms with E-state index in [1.807, 2.05) is 26.0 Å². The molecule has 10 nitrogen and oxygen atoms in total. The minimum absolute atomic E-state index is 0.00119. The third-order valence-corrected chi connectivity index (χ3v) is 7.28. The first kappa shape index (κ1) is 31.2. The maximum atomic E-state index is 13.3. The van der Waals surface area contributed by atoms with Crippen LogP contribution in [0.4, 0.5) is 4.79 Å². The molecule has 2 amide bonds. The highest BCUT2D eigenvalue weighted by Crippen LogP contribution is 2.36. The van der Waals surface area contributed by atoms with Gasteiger partial charge in [0.2, 0.25) is 0 Å². The van der Waals surface area contributed by atoms with E-state index in [4.69, 9.17) is 25.8 Å². The molecular weight excluding hydrogens is 574 g/mol. The number of carboxylic acid groups (broad SMARTS) is 1. The number of nitrogens with zero attached hydrogens (tertiary/aromatic N) is 2. The van der Waals surface area contributed by atoms with Crippen molar-refractivity contribution in [3.05, 3.63) is 87.9 Å². The quantitative estimate of drug-likeness (QED) is 0.296. The molecule has 3 aromatic carbocycles. The fraction of sp³-hybridized carbons (Fsp3) is 0.312. The van der Waals surface area contributed by atoms with Crippen LogP contribution in [-0.2, 0) is 24.2 Å². The van der Waals surface area contributed by atoms with Crippen LogP contribution in [0.5, 0.6) is 17.2 Å². The van der Waals surface area contributed by atoms with E-state index >= 15 is 0 Å². The molecule has 0 saturated carbocycles. The SMILES string of the molecule is CCOc1cc2c(cc1OCC)CN(C(=O)Oc1ccc(C[C@H](NC(=O)c3ccccc3Cl)C(=O)O)cc1)C(CC#N)C2. The molecule has 2 atom stereocenters. The van der Waals surface area contributed by atoms with Crippen LogP contribution in [0.25, 0.3) is 0 Å². The van der Waals surface area contributed by atoms with Gasteiger partial charge in [-0.05, 0) is 73.4 Å². The Bertz CT molecular complexity index is 1520. The summed E-state index contributed by atoms with van der Waals surface area (Å²) in [7, 11) is 0. The molecule has 0 aromatic heterocycles. The summed E-state index contributed by atoms with van der Waals surface area (Å²) in [6.45, 7) is 4.94. The Kier molecular flexibility index (Phi) is 10.5. The van der Waals surface area contributed by atoms with Crippen molar-refractivity contribution >= 4 is 29.6 Å². The summed E-state index contributed by atoms with van der Waals surface area (Å²) < 4.78 is 17.1. The van der Waals surface area contributed by atoms with E-state index < -0.39 is 30.1 Å². The van der Waals surface area contributed by atoms with Gasteiger partial charge in [0, 0.05) is 13.0 Å². The lowest BCUT2D eigenvalue weighted by Gasteiger charge is -2.35. The molecule has 0 fully saturated rings. The summed E-state index contributed by atoms with van der Waals surface area (Å²) >= 11 is 6.07. The van der Waals surface area contributed by atoms with Crippen LogP contribution in [0.3, 0.4) is 0 Å². The van der Waals surface area contributed by atoms with Crippen molar-refractivity contribution in [2.45, 2.75) is 51.7 Å². The topological polar surface area (TPSA) is 138 Å². The molecule has 224 valence electrons. The van der Waals surface area contributed by atoms with E-state index in [9.17, 15) is 24.8 Å². The van der Waals surface area contributed by atoms with Gasteiger partial charge >= 0.3 is 12.1 Å². The number of aliphatic carboxylic acids is 1. The van der Waals surface area contributed by atoms with Crippen molar-refractivity contribution in [2.24, 2.45) is 0 Å². The highest BCUT2D eigenvalue weighted by Gasteiger charge is 2.32. The van der Waals surface area contributed by atoms with Gasteiger partial charge in [-0.3, -0.25) is 9.69 Å². The Hall–Kier alpha value is -4.75. The standard InChI is InChI=1S/C32H32ClN3O7/c1-3-41-28-17-21-16-23(13-14-34)36(19-22(21)18-29(28)42-4-2)32(40)43-24-11-9-20(10-12-24)15-27(31(38)39)35-30(37)25-7-5-6-8-26(25)33/h5-12,17-18,23,27H,3-4,13,15-16,19H2,1-2H3,(H,35,37)(H,38,39)/t23?,27-/m0/s1. The molecule has 1 aliphatic rings. The van der Waals surface area contributed by atoms with Gasteiger partial charge < -0.3 is 24.6 Å². The zero-order valence-electron chi connectivity index (χ0n) is 23.8. The molecule has 0 saturated heterocycles. The summed E-state index contributed by atoms with van der Waals surface area (Å²) in [5.41, 5.74) is 2.65. The smallest absolute Gasteiger partial charge is 0.415 e. The van der Waals surface area contributed by atoms with E-state index in [-0.39, 0.29) is 35.7 Å². The molecule has 0 bridgehead atoms. The van der Waals surface area contributed by atoms with Crippen molar-refractivity contribution in [3.8, 4) is 23.3 Å². The molecule has 1 unspecified atom stereocenters. The van der Waals surface area contributed by atoms with Crippen LogP contribution >= 0.6 is 11.6 Å². The average molecular weight is 606 g/mol. The lowest BCUT2D eigenvalue weighted by molar-refractivity contribution is -0.139. The number of carbonyl (C=O) groups is 3. The molecule has 43 heavy (non-hydrogen) atoms. The third kappa shape index (κ3) is 7.76. The van der Waals surface area contributed by atoms with Crippen molar-refractivity contribution in [1.29, 1.82) is 5.26 Å². The summed E-state index contributed by atoms with van der Waals surface area (Å²) in [6.07, 6.45) is -0.0271. The monoisotopic (exact) mass is 605 g/mol. The molecular formula is C32H32ClN3O7. The molecule has 0 radical (unpaired) electrons. The first-order valence-corrected chi connectivity index (χ1v) is 14.3. The lowest BCUT2D eigenvalue weighted by Crippen LogP contribution is -2.45. The third-order valence-electron chi connectivity index (χ3n) is 6.95. The predicted octanol–water partition coefficient (Wildman–Crippen LogP) is 5.40. The molecule has 4 rings (SSSR count). The number of ether oxygens (including phenoxy) is 3. The van der Waals surface area contributed by atoms with Crippen molar-refractivity contribution in [1.82, 2.24) is 10.2 Å². The van der Waals surface area contributed by atoms with Gasteiger partial charge in [-0.1, -0.05) is 35.9 Å². The van der Waals surface area contributed by atoms with E-state index in [2.05, 4.69) is 11.4 Å². The van der Waals surface area contributed by atoms with Gasteiger partial charge in [0.1, 0.15) is 11.8 Å².